The van der Waals surface area contributed by atoms with E-state index in [-0.39, 0.29) is 36.7 Å². The van der Waals surface area contributed by atoms with Gasteiger partial charge < -0.3 is 19.0 Å². The molecule has 0 aromatic heterocycles. The second-order valence-corrected chi connectivity index (χ2v) is 6.60. The number of hydrogen-bond acceptors (Lipinski definition) is 5. The molecule has 5 nitrogen and oxygen atoms in total. The second kappa shape index (κ2) is 10.8. The van der Waals surface area contributed by atoms with Gasteiger partial charge in [0.15, 0.2) is 5.78 Å². The third-order valence-electron chi connectivity index (χ3n) is 4.43. The van der Waals surface area contributed by atoms with Gasteiger partial charge in [-0.3, -0.25) is 4.79 Å². The molecule has 0 radical (unpaired) electrons. The maximum atomic E-state index is 13.3. The Morgan fingerprint density at radius 3 is 1.87 bits per heavy atom. The average molecular weight is 438 g/mol. The Labute approximate surface area is 179 Å². The summed E-state index contributed by atoms with van der Waals surface area (Å²) in [5.41, 5.74) is -0.259. The number of carbonyl (C=O) groups excluding carboxylic acids is 2. The van der Waals surface area contributed by atoms with E-state index in [1.54, 1.807) is 26.0 Å². The van der Waals surface area contributed by atoms with Crippen LogP contribution in [-0.4, -0.2) is 31.9 Å². The van der Waals surface area contributed by atoms with Gasteiger partial charge in [-0.2, -0.15) is 13.2 Å². The molecule has 0 aliphatic rings. The third kappa shape index (κ3) is 6.23. The summed E-state index contributed by atoms with van der Waals surface area (Å²) in [6.07, 6.45) is -4.02. The lowest BCUT2D eigenvalue weighted by molar-refractivity contribution is -0.137. The zero-order valence-corrected chi connectivity index (χ0v) is 17.6. The molecule has 31 heavy (non-hydrogen) atoms. The summed E-state index contributed by atoms with van der Waals surface area (Å²) in [5, 5.41) is 0. The van der Waals surface area contributed by atoms with Crippen LogP contribution in [0.1, 0.15) is 42.3 Å². The van der Waals surface area contributed by atoms with Crippen LogP contribution in [0.4, 0.5) is 13.2 Å². The summed E-state index contributed by atoms with van der Waals surface area (Å²) >= 11 is 0. The van der Waals surface area contributed by atoms with Crippen LogP contribution < -0.4 is 14.2 Å². The van der Waals surface area contributed by atoms with Crippen LogP contribution in [0.5, 0.6) is 17.2 Å². The number of ketones is 1. The minimum absolute atomic E-state index is 0.0508. The monoisotopic (exact) mass is 438 g/mol. The molecular weight excluding hydrogens is 413 g/mol. The van der Waals surface area contributed by atoms with Gasteiger partial charge in [0.05, 0.1) is 31.3 Å². The lowest BCUT2D eigenvalue weighted by Gasteiger charge is -2.19. The molecule has 168 valence electrons. The van der Waals surface area contributed by atoms with Crippen molar-refractivity contribution in [2.45, 2.75) is 33.4 Å². The standard InChI is InChI=1S/C23H25F3O5/c1-4-29-18-12-19(30-5-2)21(20(13-18)31-6-3)22(28)16(14-27)11-15-7-9-17(10-8-15)23(24,25)26/h7-10,12-14,16H,4-6,11H2,1-3H3. The Morgan fingerprint density at radius 2 is 1.45 bits per heavy atom. The molecule has 0 saturated carbocycles. The minimum Gasteiger partial charge on any atom is -0.494 e. The third-order valence-corrected chi connectivity index (χ3v) is 4.43. The Hall–Kier alpha value is -3.03. The van der Waals surface area contributed by atoms with Gasteiger partial charge in [0.1, 0.15) is 29.1 Å². The fourth-order valence-electron chi connectivity index (χ4n) is 3.07. The van der Waals surface area contributed by atoms with Crippen LogP contribution in [0, 0.1) is 5.92 Å². The summed E-state index contributed by atoms with van der Waals surface area (Å²) in [7, 11) is 0. The number of aldehydes is 1. The zero-order valence-electron chi connectivity index (χ0n) is 17.6. The molecule has 0 aliphatic heterocycles. The van der Waals surface area contributed by atoms with E-state index in [1.165, 1.54) is 12.1 Å². The average Bonchev–Trinajstić information content (AvgIpc) is 2.72. The molecule has 0 heterocycles. The van der Waals surface area contributed by atoms with Crippen LogP contribution in [-0.2, 0) is 17.4 Å². The first-order valence-electron chi connectivity index (χ1n) is 9.97. The molecule has 2 rings (SSSR count). The number of halogens is 3. The van der Waals surface area contributed by atoms with Crippen molar-refractivity contribution < 1.29 is 37.0 Å². The molecule has 0 saturated heterocycles. The summed E-state index contributed by atoms with van der Waals surface area (Å²) in [6, 6.07) is 7.49. The van der Waals surface area contributed by atoms with Gasteiger partial charge in [-0.05, 0) is 44.9 Å². The van der Waals surface area contributed by atoms with Crippen molar-refractivity contribution in [2.75, 3.05) is 19.8 Å². The lowest BCUT2D eigenvalue weighted by atomic mass is 9.91. The Balaban J connectivity index is 2.40. The van der Waals surface area contributed by atoms with E-state index in [9.17, 15) is 22.8 Å². The molecule has 0 bridgehead atoms. The quantitative estimate of drug-likeness (QED) is 0.276. The highest BCUT2D eigenvalue weighted by Gasteiger charge is 2.31. The Kier molecular flexibility index (Phi) is 8.47. The van der Waals surface area contributed by atoms with Crippen molar-refractivity contribution in [3.63, 3.8) is 0 Å². The first-order valence-corrected chi connectivity index (χ1v) is 9.97. The van der Waals surface area contributed by atoms with Gasteiger partial charge in [0.2, 0.25) is 0 Å². The number of benzene rings is 2. The first kappa shape index (κ1) is 24.2. The minimum atomic E-state index is -4.46. The van der Waals surface area contributed by atoms with Gasteiger partial charge in [-0.1, -0.05) is 12.1 Å². The molecule has 1 atom stereocenters. The van der Waals surface area contributed by atoms with Crippen LogP contribution in [0.15, 0.2) is 36.4 Å². The van der Waals surface area contributed by atoms with Crippen LogP contribution in [0.25, 0.3) is 0 Å². The number of carbonyl (C=O) groups is 2. The Bertz CT molecular complexity index is 864. The number of ether oxygens (including phenoxy) is 3. The molecular formula is C23H25F3O5. The smallest absolute Gasteiger partial charge is 0.416 e. The number of alkyl halides is 3. The molecule has 1 unspecified atom stereocenters. The largest absolute Gasteiger partial charge is 0.494 e. The maximum absolute atomic E-state index is 13.3. The highest BCUT2D eigenvalue weighted by molar-refractivity contribution is 6.09. The zero-order chi connectivity index (χ0) is 23.0. The van der Waals surface area contributed by atoms with E-state index in [1.807, 2.05) is 6.92 Å². The van der Waals surface area contributed by atoms with E-state index in [0.29, 0.717) is 24.2 Å². The SMILES string of the molecule is CCOc1cc(OCC)c(C(=O)C(C=O)Cc2ccc(C(F)(F)F)cc2)c(OCC)c1. The molecule has 2 aromatic carbocycles. The fourth-order valence-corrected chi connectivity index (χ4v) is 3.07. The van der Waals surface area contributed by atoms with Gasteiger partial charge in [0, 0.05) is 12.1 Å². The van der Waals surface area contributed by atoms with E-state index in [0.717, 1.165) is 12.1 Å². The Morgan fingerprint density at radius 1 is 0.935 bits per heavy atom. The highest BCUT2D eigenvalue weighted by atomic mass is 19.4. The van der Waals surface area contributed by atoms with Crippen molar-refractivity contribution >= 4 is 12.1 Å². The van der Waals surface area contributed by atoms with Crippen LogP contribution in [0.2, 0.25) is 0 Å². The fraction of sp³-hybridized carbons (Fsp3) is 0.391. The lowest BCUT2D eigenvalue weighted by Crippen LogP contribution is -2.21. The van der Waals surface area contributed by atoms with Crippen molar-refractivity contribution in [1.82, 2.24) is 0 Å². The van der Waals surface area contributed by atoms with E-state index >= 15 is 0 Å². The summed E-state index contributed by atoms with van der Waals surface area (Å²) in [6.45, 7) is 6.25. The second-order valence-electron chi connectivity index (χ2n) is 6.60. The molecule has 0 spiro atoms. The van der Waals surface area contributed by atoms with Gasteiger partial charge in [0.25, 0.3) is 0 Å². The molecule has 0 aliphatic carbocycles. The molecule has 0 amide bonds. The van der Waals surface area contributed by atoms with Crippen molar-refractivity contribution in [3.8, 4) is 17.2 Å². The molecule has 0 fully saturated rings. The van der Waals surface area contributed by atoms with E-state index in [4.69, 9.17) is 14.2 Å². The summed E-state index contributed by atoms with van der Waals surface area (Å²) < 4.78 is 55.0. The normalized spacial score (nSPS) is 12.2. The van der Waals surface area contributed by atoms with E-state index < -0.39 is 23.4 Å². The molecule has 2 aromatic rings. The van der Waals surface area contributed by atoms with Crippen LogP contribution in [0.3, 0.4) is 0 Å². The van der Waals surface area contributed by atoms with Crippen molar-refractivity contribution in [1.29, 1.82) is 0 Å². The van der Waals surface area contributed by atoms with Gasteiger partial charge in [-0.15, -0.1) is 0 Å². The highest BCUT2D eigenvalue weighted by Crippen LogP contribution is 2.37. The number of Topliss-reactive ketones (excluding diaryl/α,β-unsaturated/α-hetero) is 1. The number of rotatable bonds is 11. The first-order chi connectivity index (χ1) is 14.7. The van der Waals surface area contributed by atoms with Crippen molar-refractivity contribution in [3.05, 3.63) is 53.1 Å². The summed E-state index contributed by atoms with van der Waals surface area (Å²) in [5.74, 6) is -0.753. The maximum Gasteiger partial charge on any atom is 0.416 e. The molecule has 8 heteroatoms. The predicted octanol–water partition coefficient (Wildman–Crippen LogP) is 5.14. The van der Waals surface area contributed by atoms with Crippen LogP contribution >= 0.6 is 0 Å². The van der Waals surface area contributed by atoms with Gasteiger partial charge in [-0.25, -0.2) is 0 Å². The topological polar surface area (TPSA) is 61.8 Å². The molecule has 0 N–H and O–H groups in total. The summed E-state index contributed by atoms with van der Waals surface area (Å²) in [4.78, 5) is 25.0. The van der Waals surface area contributed by atoms with E-state index in [2.05, 4.69) is 0 Å². The van der Waals surface area contributed by atoms with Gasteiger partial charge >= 0.3 is 6.18 Å². The predicted molar refractivity (Wildman–Crippen MR) is 109 cm³/mol. The number of hydrogen-bond donors (Lipinski definition) is 0. The van der Waals surface area contributed by atoms with Crippen molar-refractivity contribution in [2.24, 2.45) is 5.92 Å².